The van der Waals surface area contributed by atoms with Crippen LogP contribution in [0, 0.1) is 0 Å². The van der Waals surface area contributed by atoms with Crippen LogP contribution < -0.4 is 5.73 Å². The van der Waals surface area contributed by atoms with Gasteiger partial charge in [0.1, 0.15) is 6.33 Å². The molecule has 0 bridgehead atoms. The van der Waals surface area contributed by atoms with E-state index in [1.54, 1.807) is 6.33 Å². The molecule has 78 valence electrons. The first-order valence-electron chi connectivity index (χ1n) is 5.11. The lowest BCUT2D eigenvalue weighted by atomic mass is 10.1. The second kappa shape index (κ2) is 3.96. The van der Waals surface area contributed by atoms with Crippen LogP contribution in [0.25, 0.3) is 0 Å². The second-order valence-corrected chi connectivity index (χ2v) is 3.93. The van der Waals surface area contributed by atoms with Crippen molar-refractivity contribution in [1.29, 1.82) is 0 Å². The summed E-state index contributed by atoms with van der Waals surface area (Å²) in [5.41, 5.74) is 5.44. The Kier molecular flexibility index (Phi) is 2.67. The van der Waals surface area contributed by atoms with Crippen molar-refractivity contribution >= 4 is 5.95 Å². The SMILES string of the molecule is CN1CCCC1CCn1cnc(N)n1. The number of likely N-dealkylation sites (tertiary alicyclic amines) is 1. The molecule has 2 rings (SSSR count). The van der Waals surface area contributed by atoms with Gasteiger partial charge < -0.3 is 10.6 Å². The maximum absolute atomic E-state index is 5.44. The molecule has 0 aliphatic carbocycles. The lowest BCUT2D eigenvalue weighted by molar-refractivity contribution is 0.283. The third kappa shape index (κ3) is 2.04. The highest BCUT2D eigenvalue weighted by molar-refractivity contribution is 5.09. The summed E-state index contributed by atoms with van der Waals surface area (Å²) in [4.78, 5) is 6.31. The highest BCUT2D eigenvalue weighted by Crippen LogP contribution is 2.18. The number of hydrogen-bond donors (Lipinski definition) is 1. The van der Waals surface area contributed by atoms with Crippen LogP contribution in [0.3, 0.4) is 0 Å². The third-order valence-electron chi connectivity index (χ3n) is 2.92. The van der Waals surface area contributed by atoms with Gasteiger partial charge in [-0.3, -0.25) is 4.68 Å². The summed E-state index contributed by atoms with van der Waals surface area (Å²) in [6, 6.07) is 0.709. The molecule has 0 spiro atoms. The van der Waals surface area contributed by atoms with E-state index in [9.17, 15) is 0 Å². The molecule has 0 aromatic carbocycles. The average Bonchev–Trinajstić information content (AvgIpc) is 2.72. The second-order valence-electron chi connectivity index (χ2n) is 3.93. The van der Waals surface area contributed by atoms with Crippen LogP contribution in [-0.2, 0) is 6.54 Å². The van der Waals surface area contributed by atoms with Crippen LogP contribution in [0.15, 0.2) is 6.33 Å². The zero-order valence-corrected chi connectivity index (χ0v) is 8.56. The Balaban J connectivity index is 1.82. The van der Waals surface area contributed by atoms with E-state index >= 15 is 0 Å². The van der Waals surface area contributed by atoms with Crippen molar-refractivity contribution in [2.45, 2.75) is 31.8 Å². The van der Waals surface area contributed by atoms with Gasteiger partial charge in [0.25, 0.3) is 0 Å². The van der Waals surface area contributed by atoms with E-state index in [2.05, 4.69) is 22.0 Å². The summed E-state index contributed by atoms with van der Waals surface area (Å²) in [6.45, 7) is 2.14. The van der Waals surface area contributed by atoms with Gasteiger partial charge >= 0.3 is 0 Å². The highest BCUT2D eigenvalue weighted by atomic mass is 15.4. The highest BCUT2D eigenvalue weighted by Gasteiger charge is 2.20. The first kappa shape index (κ1) is 9.45. The van der Waals surface area contributed by atoms with E-state index in [1.807, 2.05) is 4.68 Å². The minimum Gasteiger partial charge on any atom is -0.367 e. The zero-order valence-electron chi connectivity index (χ0n) is 8.56. The Morgan fingerprint density at radius 3 is 3.07 bits per heavy atom. The van der Waals surface area contributed by atoms with Gasteiger partial charge in [0.2, 0.25) is 5.95 Å². The molecule has 1 aromatic heterocycles. The van der Waals surface area contributed by atoms with Gasteiger partial charge in [-0.2, -0.15) is 0 Å². The predicted octanol–water partition coefficient (Wildman–Crippen LogP) is 0.345. The molecule has 1 aliphatic rings. The van der Waals surface area contributed by atoms with Crippen molar-refractivity contribution < 1.29 is 0 Å². The molecule has 1 aliphatic heterocycles. The summed E-state index contributed by atoms with van der Waals surface area (Å²) in [6.07, 6.45) is 5.46. The Morgan fingerprint density at radius 2 is 2.50 bits per heavy atom. The first-order valence-corrected chi connectivity index (χ1v) is 5.11. The van der Waals surface area contributed by atoms with Crippen LogP contribution in [0.2, 0.25) is 0 Å². The van der Waals surface area contributed by atoms with Crippen LogP contribution in [0.5, 0.6) is 0 Å². The maximum Gasteiger partial charge on any atom is 0.239 e. The van der Waals surface area contributed by atoms with Gasteiger partial charge in [-0.1, -0.05) is 0 Å². The van der Waals surface area contributed by atoms with Crippen molar-refractivity contribution in [3.63, 3.8) is 0 Å². The Labute approximate surface area is 83.9 Å². The van der Waals surface area contributed by atoms with Crippen molar-refractivity contribution in [3.05, 3.63) is 6.33 Å². The van der Waals surface area contributed by atoms with Crippen molar-refractivity contribution in [2.24, 2.45) is 0 Å². The topological polar surface area (TPSA) is 60.0 Å². The summed E-state index contributed by atoms with van der Waals surface area (Å²) in [7, 11) is 2.19. The number of rotatable bonds is 3. The Bertz CT molecular complexity index is 295. The molecule has 5 nitrogen and oxygen atoms in total. The molecule has 1 saturated heterocycles. The monoisotopic (exact) mass is 195 g/mol. The van der Waals surface area contributed by atoms with Gasteiger partial charge in [0.05, 0.1) is 0 Å². The fraction of sp³-hybridized carbons (Fsp3) is 0.778. The summed E-state index contributed by atoms with van der Waals surface area (Å²) in [5, 5.41) is 4.06. The molecule has 1 atom stereocenters. The van der Waals surface area contributed by atoms with Crippen molar-refractivity contribution in [2.75, 3.05) is 19.3 Å². The molecule has 2 heterocycles. The van der Waals surface area contributed by atoms with Gasteiger partial charge in [-0.05, 0) is 32.9 Å². The number of hydrogen-bond acceptors (Lipinski definition) is 4. The van der Waals surface area contributed by atoms with Crippen LogP contribution in [0.1, 0.15) is 19.3 Å². The standard InChI is InChI=1S/C9H17N5/c1-13-5-2-3-8(13)4-6-14-7-11-9(10)12-14/h7-8H,2-6H2,1H3,(H2,10,12). The van der Waals surface area contributed by atoms with Crippen molar-refractivity contribution in [3.8, 4) is 0 Å². The Hall–Kier alpha value is -1.10. The predicted molar refractivity (Wildman–Crippen MR) is 54.7 cm³/mol. The summed E-state index contributed by atoms with van der Waals surface area (Å²) in [5.74, 6) is 0.366. The summed E-state index contributed by atoms with van der Waals surface area (Å²) >= 11 is 0. The number of nitrogens with zero attached hydrogens (tertiary/aromatic N) is 4. The minimum absolute atomic E-state index is 0.366. The molecule has 2 N–H and O–H groups in total. The molecule has 5 heteroatoms. The minimum atomic E-state index is 0.366. The van der Waals surface area contributed by atoms with Crippen molar-refractivity contribution in [1.82, 2.24) is 19.7 Å². The van der Waals surface area contributed by atoms with Gasteiger partial charge in [0.15, 0.2) is 0 Å². The lowest BCUT2D eigenvalue weighted by Gasteiger charge is -2.18. The third-order valence-corrected chi connectivity index (χ3v) is 2.92. The number of aromatic nitrogens is 3. The normalized spacial score (nSPS) is 23.1. The van der Waals surface area contributed by atoms with E-state index in [1.165, 1.54) is 19.4 Å². The number of aryl methyl sites for hydroxylation is 1. The zero-order chi connectivity index (χ0) is 9.97. The Morgan fingerprint density at radius 1 is 1.64 bits per heavy atom. The quantitative estimate of drug-likeness (QED) is 0.755. The fourth-order valence-corrected chi connectivity index (χ4v) is 2.04. The number of anilines is 1. The molecule has 1 fully saturated rings. The van der Waals surface area contributed by atoms with Gasteiger partial charge in [-0.25, -0.2) is 4.98 Å². The number of nitrogens with two attached hydrogens (primary N) is 1. The maximum atomic E-state index is 5.44. The largest absolute Gasteiger partial charge is 0.367 e. The van der Waals surface area contributed by atoms with E-state index < -0.39 is 0 Å². The van der Waals surface area contributed by atoms with E-state index in [4.69, 9.17) is 5.73 Å². The van der Waals surface area contributed by atoms with Crippen LogP contribution in [-0.4, -0.2) is 39.3 Å². The molecule has 0 saturated carbocycles. The fourth-order valence-electron chi connectivity index (χ4n) is 2.04. The number of nitrogen functional groups attached to an aromatic ring is 1. The molecular formula is C9H17N5. The van der Waals surface area contributed by atoms with E-state index in [0.717, 1.165) is 13.0 Å². The van der Waals surface area contributed by atoms with E-state index in [0.29, 0.717) is 12.0 Å². The van der Waals surface area contributed by atoms with Gasteiger partial charge in [0, 0.05) is 12.6 Å². The van der Waals surface area contributed by atoms with Crippen LogP contribution >= 0.6 is 0 Å². The molecule has 14 heavy (non-hydrogen) atoms. The molecule has 0 amide bonds. The van der Waals surface area contributed by atoms with Crippen LogP contribution in [0.4, 0.5) is 5.95 Å². The average molecular weight is 195 g/mol. The van der Waals surface area contributed by atoms with E-state index in [-0.39, 0.29) is 0 Å². The lowest BCUT2D eigenvalue weighted by Crippen LogP contribution is -2.26. The van der Waals surface area contributed by atoms with Gasteiger partial charge in [-0.15, -0.1) is 5.10 Å². The molecular weight excluding hydrogens is 178 g/mol. The summed E-state index contributed by atoms with van der Waals surface area (Å²) < 4.78 is 1.82. The molecule has 0 radical (unpaired) electrons. The first-order chi connectivity index (χ1) is 6.75. The molecule has 1 aromatic rings. The smallest absolute Gasteiger partial charge is 0.239 e. The molecule has 1 unspecified atom stereocenters.